The van der Waals surface area contributed by atoms with Gasteiger partial charge >= 0.3 is 0 Å². The lowest BCUT2D eigenvalue weighted by Crippen LogP contribution is -2.51. The number of nitrogens with two attached hydrogens (primary N) is 1. The largest absolute Gasteiger partial charge is 0.351 e. The minimum atomic E-state index is -0.866. The first-order chi connectivity index (χ1) is 17.5. The Hall–Kier alpha value is -2.94. The van der Waals surface area contributed by atoms with Crippen LogP contribution in [0.15, 0.2) is 48.5 Å². The molecule has 0 bridgehead atoms. The number of hydrogen-bond donors (Lipinski definition) is 4. The summed E-state index contributed by atoms with van der Waals surface area (Å²) in [6.07, 6.45) is 3.41. The summed E-state index contributed by atoms with van der Waals surface area (Å²) in [5.41, 5.74) is 10.6. The number of fused-ring (bicyclic) bond motifs is 2. The minimum Gasteiger partial charge on any atom is -0.351 e. The zero-order valence-corrected chi connectivity index (χ0v) is 21.6. The molecule has 1 heterocycles. The molecule has 0 saturated carbocycles. The topological polar surface area (TPSA) is 126 Å². The van der Waals surface area contributed by atoms with Crippen LogP contribution in [0, 0.1) is 0 Å². The standard InChI is InChI=1S/C28H34N4O4.ClH/c29-12-6-5-11-23(26(33)30-21-13-17-7-1-2-8-18(17)14-21)32-28(35)25-24(36-25)27(34)31-22-15-19-9-3-4-10-20(19)16-22;/h1-4,7-10,21-25H,5-6,11-16,29H2,(H,30,33)(H,31,34)(H,32,35);1H/t23-,24-,25-;/m0./s1. The van der Waals surface area contributed by atoms with E-state index in [-0.39, 0.29) is 36.3 Å². The van der Waals surface area contributed by atoms with E-state index >= 15 is 0 Å². The van der Waals surface area contributed by atoms with Crippen molar-refractivity contribution >= 4 is 30.1 Å². The van der Waals surface area contributed by atoms with Crippen molar-refractivity contribution in [1.29, 1.82) is 0 Å². The molecule has 0 spiro atoms. The van der Waals surface area contributed by atoms with Gasteiger partial charge in [-0.1, -0.05) is 48.5 Å². The van der Waals surface area contributed by atoms with E-state index in [1.165, 1.54) is 22.3 Å². The van der Waals surface area contributed by atoms with Crippen molar-refractivity contribution in [1.82, 2.24) is 16.0 Å². The highest BCUT2D eigenvalue weighted by atomic mass is 35.5. The summed E-state index contributed by atoms with van der Waals surface area (Å²) in [7, 11) is 0. The van der Waals surface area contributed by atoms with Crippen molar-refractivity contribution in [3.8, 4) is 0 Å². The lowest BCUT2D eigenvalue weighted by Gasteiger charge is -2.21. The van der Waals surface area contributed by atoms with E-state index in [9.17, 15) is 14.4 Å². The summed E-state index contributed by atoms with van der Waals surface area (Å²) in [5, 5.41) is 8.94. The molecule has 2 aromatic carbocycles. The van der Waals surface area contributed by atoms with E-state index in [1.54, 1.807) is 0 Å². The minimum absolute atomic E-state index is 0. The van der Waals surface area contributed by atoms with Crippen molar-refractivity contribution in [2.45, 2.75) is 75.3 Å². The SMILES string of the molecule is Cl.NCCCC[C@H](NC(=O)[C@H]1O[C@@H]1C(=O)NC1Cc2ccccc2C1)C(=O)NC1Cc2ccccc2C1. The number of carbonyl (C=O) groups is 3. The van der Waals surface area contributed by atoms with E-state index in [0.29, 0.717) is 13.0 Å². The Morgan fingerprint density at radius 2 is 1.27 bits per heavy atom. The fraction of sp³-hybridized carbons (Fsp3) is 0.464. The average Bonchev–Trinajstić information content (AvgIpc) is 3.42. The predicted octanol–water partition coefficient (Wildman–Crippen LogP) is 1.36. The highest BCUT2D eigenvalue weighted by molar-refractivity contribution is 5.97. The maximum absolute atomic E-state index is 13.1. The van der Waals surface area contributed by atoms with Crippen LogP contribution in [-0.2, 0) is 44.8 Å². The second kappa shape index (κ2) is 12.1. The Bertz CT molecular complexity index is 1090. The third-order valence-electron chi connectivity index (χ3n) is 7.38. The third-order valence-corrected chi connectivity index (χ3v) is 7.38. The number of rotatable bonds is 10. The number of nitrogens with one attached hydrogen (secondary N) is 3. The molecule has 3 aliphatic rings. The number of epoxide rings is 1. The molecule has 2 aliphatic carbocycles. The van der Waals surface area contributed by atoms with Crippen LogP contribution < -0.4 is 21.7 Å². The van der Waals surface area contributed by atoms with Crippen molar-refractivity contribution in [2.75, 3.05) is 6.54 Å². The monoisotopic (exact) mass is 526 g/mol. The molecular weight excluding hydrogens is 492 g/mol. The number of amides is 3. The summed E-state index contributed by atoms with van der Waals surface area (Å²) >= 11 is 0. The van der Waals surface area contributed by atoms with Crippen LogP contribution in [0.4, 0.5) is 0 Å². The fourth-order valence-electron chi connectivity index (χ4n) is 5.43. The van der Waals surface area contributed by atoms with Gasteiger partial charge in [0.2, 0.25) is 5.91 Å². The van der Waals surface area contributed by atoms with Gasteiger partial charge in [0, 0.05) is 12.1 Å². The molecule has 1 saturated heterocycles. The summed E-state index contributed by atoms with van der Waals surface area (Å²) in [5.74, 6) is -0.906. The van der Waals surface area contributed by atoms with Gasteiger partial charge in [0.1, 0.15) is 6.04 Å². The van der Waals surface area contributed by atoms with Gasteiger partial charge < -0.3 is 26.4 Å². The van der Waals surface area contributed by atoms with Gasteiger partial charge in [-0.15, -0.1) is 12.4 Å². The quantitative estimate of drug-likeness (QED) is 0.275. The van der Waals surface area contributed by atoms with E-state index in [0.717, 1.165) is 38.5 Å². The maximum Gasteiger partial charge on any atom is 0.253 e. The van der Waals surface area contributed by atoms with Gasteiger partial charge in [0.15, 0.2) is 12.2 Å². The maximum atomic E-state index is 13.1. The zero-order valence-electron chi connectivity index (χ0n) is 20.8. The van der Waals surface area contributed by atoms with Crippen LogP contribution in [-0.4, -0.2) is 54.6 Å². The van der Waals surface area contributed by atoms with Crippen molar-refractivity contribution in [3.63, 3.8) is 0 Å². The second-order valence-electron chi connectivity index (χ2n) is 10.1. The highest BCUT2D eigenvalue weighted by Gasteiger charge is 2.51. The van der Waals surface area contributed by atoms with Crippen LogP contribution in [0.2, 0.25) is 0 Å². The zero-order chi connectivity index (χ0) is 25.1. The molecule has 198 valence electrons. The first kappa shape index (κ1) is 27.1. The molecular formula is C28H35ClN4O4. The van der Waals surface area contributed by atoms with E-state index in [2.05, 4.69) is 40.2 Å². The van der Waals surface area contributed by atoms with Crippen LogP contribution in [0.1, 0.15) is 41.5 Å². The number of unbranched alkanes of at least 4 members (excludes halogenated alkanes) is 1. The molecule has 3 amide bonds. The predicted molar refractivity (Wildman–Crippen MR) is 142 cm³/mol. The Kier molecular flexibility index (Phi) is 8.84. The Morgan fingerprint density at radius 1 is 0.784 bits per heavy atom. The highest BCUT2D eigenvalue weighted by Crippen LogP contribution is 2.26. The van der Waals surface area contributed by atoms with Gasteiger partial charge in [0.05, 0.1) is 0 Å². The van der Waals surface area contributed by atoms with Gasteiger partial charge in [-0.25, -0.2) is 0 Å². The molecule has 2 aromatic rings. The van der Waals surface area contributed by atoms with Crippen LogP contribution >= 0.6 is 12.4 Å². The normalized spacial score (nSPS) is 20.8. The van der Waals surface area contributed by atoms with E-state index in [4.69, 9.17) is 10.5 Å². The fourth-order valence-corrected chi connectivity index (χ4v) is 5.43. The Morgan fingerprint density at radius 3 is 1.78 bits per heavy atom. The van der Waals surface area contributed by atoms with Gasteiger partial charge in [-0.2, -0.15) is 0 Å². The van der Waals surface area contributed by atoms with Gasteiger partial charge in [-0.05, 0) is 73.7 Å². The molecule has 1 aliphatic heterocycles. The molecule has 37 heavy (non-hydrogen) atoms. The number of ether oxygens (including phenoxy) is 1. The van der Waals surface area contributed by atoms with Crippen molar-refractivity contribution in [3.05, 3.63) is 70.8 Å². The number of benzene rings is 2. The lowest BCUT2D eigenvalue weighted by molar-refractivity contribution is -0.130. The molecule has 0 unspecified atom stereocenters. The van der Waals surface area contributed by atoms with Gasteiger partial charge in [-0.3, -0.25) is 14.4 Å². The smallest absolute Gasteiger partial charge is 0.253 e. The van der Waals surface area contributed by atoms with Crippen LogP contribution in [0.3, 0.4) is 0 Å². The first-order valence-corrected chi connectivity index (χ1v) is 12.9. The molecule has 5 rings (SSSR count). The number of carbonyl (C=O) groups excluding carboxylic acids is 3. The summed E-state index contributed by atoms with van der Waals surface area (Å²) in [4.78, 5) is 38.7. The van der Waals surface area contributed by atoms with E-state index in [1.807, 2.05) is 24.3 Å². The molecule has 0 radical (unpaired) electrons. The third kappa shape index (κ3) is 6.50. The molecule has 0 aromatic heterocycles. The second-order valence-corrected chi connectivity index (χ2v) is 10.1. The number of hydrogen-bond acceptors (Lipinski definition) is 5. The summed E-state index contributed by atoms with van der Waals surface area (Å²) in [6.45, 7) is 0.527. The van der Waals surface area contributed by atoms with Crippen molar-refractivity contribution in [2.24, 2.45) is 5.73 Å². The lowest BCUT2D eigenvalue weighted by atomic mass is 10.1. The Labute approximate surface area is 223 Å². The average molecular weight is 527 g/mol. The molecule has 1 fully saturated rings. The number of halogens is 1. The molecule has 5 N–H and O–H groups in total. The molecule has 9 heteroatoms. The molecule has 3 atom stereocenters. The van der Waals surface area contributed by atoms with Gasteiger partial charge in [0.25, 0.3) is 11.8 Å². The van der Waals surface area contributed by atoms with Crippen LogP contribution in [0.5, 0.6) is 0 Å². The first-order valence-electron chi connectivity index (χ1n) is 12.9. The van der Waals surface area contributed by atoms with Crippen LogP contribution in [0.25, 0.3) is 0 Å². The Balaban J connectivity index is 0.00000320. The summed E-state index contributed by atoms with van der Waals surface area (Å²) in [6, 6.07) is 15.7. The summed E-state index contributed by atoms with van der Waals surface area (Å²) < 4.78 is 5.43. The molecule has 8 nitrogen and oxygen atoms in total. The van der Waals surface area contributed by atoms with E-state index < -0.39 is 24.2 Å². The van der Waals surface area contributed by atoms with Crippen molar-refractivity contribution < 1.29 is 19.1 Å².